The van der Waals surface area contributed by atoms with Gasteiger partial charge in [-0.3, -0.25) is 14.5 Å². The van der Waals surface area contributed by atoms with Gasteiger partial charge in [0.05, 0.1) is 53.4 Å². The molecule has 13 rings (SSSR count). The van der Waals surface area contributed by atoms with Gasteiger partial charge in [0.25, 0.3) is 11.8 Å². The number of imide groups is 1. The maximum atomic E-state index is 16.2. The monoisotopic (exact) mass is 1980 g/mol. The summed E-state index contributed by atoms with van der Waals surface area (Å²) in [4.78, 5) is 43.3. The maximum Gasteiger partial charge on any atom is 0.262 e. The van der Waals surface area contributed by atoms with Crippen LogP contribution in [0.1, 0.15) is 475 Å². The number of ether oxygens (including phenoxy) is 2. The number of nitrogens with zero attached hydrogens (tertiary/aromatic N) is 5. The van der Waals surface area contributed by atoms with Crippen LogP contribution in [0.15, 0.2) is 48.5 Å². The number of amides is 2. The van der Waals surface area contributed by atoms with E-state index in [1.54, 1.807) is 38.7 Å². The van der Waals surface area contributed by atoms with Gasteiger partial charge in [0.15, 0.2) is 11.5 Å². The third-order valence-electron chi connectivity index (χ3n) is 29.3. The molecule has 4 aromatic carbocycles. The van der Waals surface area contributed by atoms with Gasteiger partial charge in [-0.1, -0.05) is 377 Å². The van der Waals surface area contributed by atoms with Gasteiger partial charge < -0.3 is 9.47 Å². The van der Waals surface area contributed by atoms with E-state index in [1.165, 1.54) is 406 Å². The molecule has 738 valence electrons. The molecule has 9 nitrogen and oxygen atoms in total. The number of fused-ring (bicyclic) bond motifs is 7. The van der Waals surface area contributed by atoms with Crippen LogP contribution in [0.4, 0.5) is 0 Å². The molecule has 0 saturated carbocycles. The molecule has 1 unspecified atom stereocenters. The van der Waals surface area contributed by atoms with Crippen LogP contribution in [0.25, 0.3) is 113 Å². The van der Waals surface area contributed by atoms with Crippen molar-refractivity contribution in [2.24, 2.45) is 11.8 Å². The average molecular weight is 1980 g/mol. The van der Waals surface area contributed by atoms with E-state index in [0.717, 1.165) is 138 Å². The highest BCUT2D eigenvalue weighted by Crippen LogP contribution is 2.56. The van der Waals surface area contributed by atoms with Gasteiger partial charge in [-0.15, -0.1) is 68.0 Å². The number of unbranched alkanes of at least 4 members (excludes halogenated alkanes) is 46. The number of carbonyl (C=O) groups excluding carboxylic acids is 2. The first-order chi connectivity index (χ1) is 66.3. The van der Waals surface area contributed by atoms with Crippen molar-refractivity contribution in [3.05, 3.63) is 92.4 Å². The van der Waals surface area contributed by atoms with Gasteiger partial charge in [-0.05, 0) is 189 Å². The van der Waals surface area contributed by atoms with Crippen molar-refractivity contribution in [1.29, 1.82) is 0 Å². The summed E-state index contributed by atoms with van der Waals surface area (Å²) in [5, 5.41) is 5.71. The maximum absolute atomic E-state index is 16.2. The van der Waals surface area contributed by atoms with Crippen molar-refractivity contribution in [2.75, 3.05) is 19.8 Å². The van der Waals surface area contributed by atoms with E-state index in [1.807, 2.05) is 45.3 Å². The summed E-state index contributed by atoms with van der Waals surface area (Å²) in [5.41, 5.74) is 13.9. The minimum atomic E-state index is -0.202. The molecule has 135 heavy (non-hydrogen) atoms. The van der Waals surface area contributed by atoms with Crippen LogP contribution in [-0.2, 0) is 25.7 Å². The molecule has 2 amide bonds. The third-order valence-corrected chi connectivity index (χ3v) is 37.7. The summed E-state index contributed by atoms with van der Waals surface area (Å²) >= 11 is 14.0. The molecule has 17 heteroatoms. The molecule has 0 spiro atoms. The topological polar surface area (TPSA) is 107 Å². The number of aryl methyl sites for hydroxylation is 6. The van der Waals surface area contributed by atoms with Crippen LogP contribution in [-0.4, -0.2) is 54.0 Å². The predicted molar refractivity (Wildman–Crippen MR) is 600 cm³/mol. The van der Waals surface area contributed by atoms with E-state index in [9.17, 15) is 0 Å². The second-order valence-electron chi connectivity index (χ2n) is 40.9. The van der Waals surface area contributed by atoms with Gasteiger partial charge in [0, 0.05) is 81.1 Å². The Bertz CT molecular complexity index is 5420. The normalized spacial score (nSPS) is 12.8. The van der Waals surface area contributed by atoms with Gasteiger partial charge in [0.2, 0.25) is 0 Å². The first kappa shape index (κ1) is 107. The number of carbonyl (C=O) groups is 2. The Morgan fingerprint density at radius 2 is 0.593 bits per heavy atom. The molecule has 0 fully saturated rings. The van der Waals surface area contributed by atoms with Crippen LogP contribution < -0.4 is 9.47 Å². The first-order valence-corrected chi connectivity index (χ1v) is 61.6. The number of benzene rings is 4. The number of aromatic nitrogens is 4. The standard InChI is InChI=1S/C118H169N5O4S8/c1-12-18-24-30-36-40-44-48-52-58-67-87-91-79-85(10)128-113(91)88(68-59-53-49-45-41-37-31-25-19-13-2)92-80-99(131-114(87)92)95-71-73-97(129-95)102-105-106(118(125)123(117(105)124)76-75-84(9)66-64-65-83(7)8)103(109-108(102)120-135-121-109)98-74-72-96(130-98)100-81-93-89(69-60-54-50-46-42-38-32-26-20-14-3)116-94(90(115(93)132-100)70-61-55-51-47-43-39-33-27-21-15-4)82-101(133-116)104-110-107(119-134-122-110)86(11)111(126-77-62-56-34-28-22-16-5)112(104)127-78-63-57-35-29-23-17-6/h71-74,79-84H,12-70,75-78H2,1-11H3. The zero-order valence-electron chi connectivity index (χ0n) is 85.5. The van der Waals surface area contributed by atoms with Gasteiger partial charge >= 0.3 is 0 Å². The van der Waals surface area contributed by atoms with Crippen molar-refractivity contribution in [2.45, 2.75) is 461 Å². The molecule has 0 N–H and O–H groups in total. The van der Waals surface area contributed by atoms with Gasteiger partial charge in [0.1, 0.15) is 22.1 Å². The second kappa shape index (κ2) is 57.6. The van der Waals surface area contributed by atoms with Crippen LogP contribution in [0, 0.1) is 25.7 Å². The van der Waals surface area contributed by atoms with Crippen LogP contribution in [0.3, 0.4) is 0 Å². The Kier molecular flexibility index (Phi) is 45.5. The molecular formula is C118H169N5O4S8. The molecule has 1 atom stereocenters. The van der Waals surface area contributed by atoms with Gasteiger partial charge in [-0.25, -0.2) is 0 Å². The molecule has 1 aliphatic rings. The zero-order chi connectivity index (χ0) is 94.5. The van der Waals surface area contributed by atoms with E-state index < -0.39 is 0 Å². The lowest BCUT2D eigenvalue weighted by molar-refractivity contribution is 0.0646. The number of thiophene rings is 6. The predicted octanol–water partition coefficient (Wildman–Crippen LogP) is 41.4. The highest BCUT2D eigenvalue weighted by Gasteiger charge is 2.44. The van der Waals surface area contributed by atoms with Crippen LogP contribution >= 0.6 is 91.5 Å². The SMILES string of the molecule is CCCCCCCCCCCCc1c2cc(-c3ccc(-c4c5c(c(-c6ccc(-c7cc8c(CCCCCCCCCCCC)c9sc(-c%10c(OCCCCCCCC)c(OCCCCCCCC)c(C)c%11nsnc%10%11)cc9c(CCCCCCCCCCCC)c8s7)s6)c6nsnc46)C(=O)N(CCC(C)CCCC(C)C)C5=O)s3)sc2c(CCCCCCCCCCCC)c2cc(C)sc12. The Balaban J connectivity index is 0.899. The molecule has 0 radical (unpaired) electrons. The van der Waals surface area contributed by atoms with Crippen molar-refractivity contribution in [1.82, 2.24) is 22.4 Å². The lowest BCUT2D eigenvalue weighted by atomic mass is 9.93. The molecular weight excluding hydrogens is 1810 g/mol. The minimum Gasteiger partial charge on any atom is -0.489 e. The minimum absolute atomic E-state index is 0.200. The Morgan fingerprint density at radius 1 is 0.289 bits per heavy atom. The third kappa shape index (κ3) is 29.2. The van der Waals surface area contributed by atoms with E-state index in [0.29, 0.717) is 53.8 Å². The quantitative estimate of drug-likeness (QED) is 0.0274. The van der Waals surface area contributed by atoms with Crippen molar-refractivity contribution in [3.63, 3.8) is 0 Å². The first-order valence-electron chi connectivity index (χ1n) is 55.2. The van der Waals surface area contributed by atoms with E-state index in [-0.39, 0.29) is 11.8 Å². The summed E-state index contributed by atoms with van der Waals surface area (Å²) in [6, 6.07) is 19.3. The fourth-order valence-corrected chi connectivity index (χ4v) is 29.7. The van der Waals surface area contributed by atoms with Crippen LogP contribution in [0.2, 0.25) is 0 Å². The number of rotatable bonds is 72. The average Bonchev–Trinajstić information content (AvgIpc) is 1.55. The molecule has 0 aliphatic carbocycles. The Morgan fingerprint density at radius 3 is 0.963 bits per heavy atom. The summed E-state index contributed by atoms with van der Waals surface area (Å²) < 4.78 is 41.0. The lowest BCUT2D eigenvalue weighted by Crippen LogP contribution is -2.31. The molecule has 8 aromatic heterocycles. The second-order valence-corrected chi connectivity index (χ2v) is 48.6. The van der Waals surface area contributed by atoms with Crippen LogP contribution in [0.5, 0.6) is 11.5 Å². The van der Waals surface area contributed by atoms with Gasteiger partial charge in [-0.2, -0.15) is 17.5 Å². The van der Waals surface area contributed by atoms with Crippen molar-refractivity contribution in [3.8, 4) is 62.3 Å². The highest BCUT2D eigenvalue weighted by atomic mass is 32.1. The Hall–Kier alpha value is -5.50. The molecule has 0 bridgehead atoms. The molecule has 9 heterocycles. The van der Waals surface area contributed by atoms with E-state index in [4.69, 9.17) is 27.0 Å². The van der Waals surface area contributed by atoms with Crippen molar-refractivity contribution < 1.29 is 19.1 Å². The zero-order valence-corrected chi connectivity index (χ0v) is 92.0. The molecule has 1 aliphatic heterocycles. The molecule has 0 saturated heterocycles. The van der Waals surface area contributed by atoms with Crippen molar-refractivity contribution >= 4 is 166 Å². The number of hydrogen-bond donors (Lipinski definition) is 0. The summed E-state index contributed by atoms with van der Waals surface area (Å²) in [5.74, 6) is 2.28. The summed E-state index contributed by atoms with van der Waals surface area (Å²) in [7, 11) is 0. The number of hydrogen-bond acceptors (Lipinski definition) is 16. The highest BCUT2D eigenvalue weighted by molar-refractivity contribution is 7.28. The fraction of sp³-hybridized carbons (Fsp3) is 0.644. The fourth-order valence-electron chi connectivity index (χ4n) is 21.3. The summed E-state index contributed by atoms with van der Waals surface area (Å²) in [6.45, 7) is 26.9. The largest absolute Gasteiger partial charge is 0.489 e. The van der Waals surface area contributed by atoms with E-state index >= 15 is 9.59 Å². The Labute approximate surface area is 847 Å². The van der Waals surface area contributed by atoms with E-state index in [2.05, 4.69) is 125 Å². The smallest absolute Gasteiger partial charge is 0.262 e. The lowest BCUT2D eigenvalue weighted by Gasteiger charge is -2.19. The summed E-state index contributed by atoms with van der Waals surface area (Å²) in [6.07, 6.45) is 75.0. The molecule has 12 aromatic rings.